The van der Waals surface area contributed by atoms with Crippen LogP contribution in [0.25, 0.3) is 5.69 Å². The molecule has 0 spiro atoms. The second kappa shape index (κ2) is 5.33. The minimum Gasteiger partial charge on any atom is -0.376 e. The monoisotopic (exact) mass is 296 g/mol. The van der Waals surface area contributed by atoms with Crippen LogP contribution in [0.4, 0.5) is 5.69 Å². The van der Waals surface area contributed by atoms with Crippen molar-refractivity contribution in [2.24, 2.45) is 0 Å². The van der Waals surface area contributed by atoms with Gasteiger partial charge in [-0.05, 0) is 48.4 Å². The van der Waals surface area contributed by atoms with Crippen LogP contribution in [0.5, 0.6) is 0 Å². The minimum absolute atomic E-state index is 0.393. The summed E-state index contributed by atoms with van der Waals surface area (Å²) in [4.78, 5) is 5.56. The molecule has 1 N–H and O–H groups in total. The highest BCUT2D eigenvalue weighted by molar-refractivity contribution is 7.10. The largest absolute Gasteiger partial charge is 0.376 e. The van der Waals surface area contributed by atoms with E-state index >= 15 is 0 Å². The van der Waals surface area contributed by atoms with Gasteiger partial charge < -0.3 is 5.32 Å². The third-order valence-electron chi connectivity index (χ3n) is 3.95. The lowest BCUT2D eigenvalue weighted by Crippen LogP contribution is -2.16. The van der Waals surface area contributed by atoms with Crippen molar-refractivity contribution < 1.29 is 0 Å². The first-order valence-electron chi connectivity index (χ1n) is 7.18. The molecule has 0 bridgehead atoms. The molecule has 0 radical (unpaired) electrons. The Kier molecular flexibility index (Phi) is 3.20. The second-order valence-electron chi connectivity index (χ2n) is 5.25. The molecular formula is C16H16N4S. The van der Waals surface area contributed by atoms with E-state index in [2.05, 4.69) is 45.0 Å². The summed E-state index contributed by atoms with van der Waals surface area (Å²) in [7, 11) is 0. The van der Waals surface area contributed by atoms with Crippen molar-refractivity contribution in [3.8, 4) is 5.69 Å². The molecule has 1 atom stereocenters. The molecule has 4 rings (SSSR count). The predicted octanol–water partition coefficient (Wildman–Crippen LogP) is 3.82. The van der Waals surface area contributed by atoms with Gasteiger partial charge in [0.1, 0.15) is 12.7 Å². The molecule has 0 saturated heterocycles. The lowest BCUT2D eigenvalue weighted by atomic mass is 9.94. The van der Waals surface area contributed by atoms with Crippen LogP contribution in [0, 0.1) is 0 Å². The van der Waals surface area contributed by atoms with Crippen molar-refractivity contribution in [1.29, 1.82) is 0 Å². The highest BCUT2D eigenvalue weighted by Crippen LogP contribution is 2.36. The summed E-state index contributed by atoms with van der Waals surface area (Å²) >= 11 is 1.87. The molecular weight excluding hydrogens is 280 g/mol. The van der Waals surface area contributed by atoms with Crippen LogP contribution in [0.15, 0.2) is 48.4 Å². The summed E-state index contributed by atoms with van der Waals surface area (Å²) in [6.07, 6.45) is 6.94. The van der Waals surface area contributed by atoms with Crippen molar-refractivity contribution in [2.75, 3.05) is 5.32 Å². The summed E-state index contributed by atoms with van der Waals surface area (Å²) in [5.74, 6) is 0. The molecule has 2 aromatic heterocycles. The quantitative estimate of drug-likeness (QED) is 0.799. The Morgan fingerprint density at radius 3 is 3.10 bits per heavy atom. The molecule has 0 saturated carbocycles. The van der Waals surface area contributed by atoms with Crippen molar-refractivity contribution in [2.45, 2.75) is 25.3 Å². The maximum atomic E-state index is 4.24. The molecule has 0 fully saturated rings. The third kappa shape index (κ3) is 2.34. The molecule has 1 aliphatic carbocycles. The number of rotatable bonds is 3. The molecule has 0 aliphatic heterocycles. The first-order chi connectivity index (χ1) is 10.4. The molecule has 5 heteroatoms. The fourth-order valence-corrected chi connectivity index (χ4v) is 3.94. The fourth-order valence-electron chi connectivity index (χ4n) is 2.95. The lowest BCUT2D eigenvalue weighted by molar-refractivity contribution is 0.608. The van der Waals surface area contributed by atoms with Gasteiger partial charge in [-0.3, -0.25) is 0 Å². The lowest BCUT2D eigenvalue weighted by Gasteiger charge is -2.25. The molecule has 106 valence electrons. The Morgan fingerprint density at radius 1 is 1.24 bits per heavy atom. The average molecular weight is 296 g/mol. The normalized spacial score (nSPS) is 17.4. The van der Waals surface area contributed by atoms with Gasteiger partial charge in [0.15, 0.2) is 0 Å². The first-order valence-corrected chi connectivity index (χ1v) is 8.06. The molecule has 0 amide bonds. The zero-order valence-corrected chi connectivity index (χ0v) is 12.4. The topological polar surface area (TPSA) is 42.7 Å². The van der Waals surface area contributed by atoms with Gasteiger partial charge in [-0.2, -0.15) is 5.10 Å². The van der Waals surface area contributed by atoms with Crippen LogP contribution in [-0.2, 0) is 6.42 Å². The van der Waals surface area contributed by atoms with E-state index in [9.17, 15) is 0 Å². The Hall–Kier alpha value is -2.14. The van der Waals surface area contributed by atoms with E-state index in [-0.39, 0.29) is 0 Å². The van der Waals surface area contributed by atoms with Crippen LogP contribution in [0.1, 0.15) is 29.3 Å². The summed E-state index contributed by atoms with van der Waals surface area (Å²) in [6.45, 7) is 0. The summed E-state index contributed by atoms with van der Waals surface area (Å²) in [6, 6.07) is 10.9. The Labute approximate surface area is 127 Å². The van der Waals surface area contributed by atoms with Crippen LogP contribution in [0.2, 0.25) is 0 Å². The molecule has 1 aliphatic rings. The number of aromatic nitrogens is 3. The molecule has 1 unspecified atom stereocenters. The van der Waals surface area contributed by atoms with Gasteiger partial charge in [0, 0.05) is 4.88 Å². The number of hydrogen-bond donors (Lipinski definition) is 1. The standard InChI is InChI=1S/C16H16N4S/c1-2-6-15(20-11-17-10-18-20)14(4-1)19-13-5-3-7-16-12(13)8-9-21-16/h1-2,4,6,8-11,13,19H,3,5,7H2. The summed E-state index contributed by atoms with van der Waals surface area (Å²) in [5, 5.41) is 10.1. The number of thiophene rings is 1. The number of para-hydroxylation sites is 2. The SMILES string of the molecule is c1ccc(-n2cncn2)c(NC2CCCc3sccc32)c1. The van der Waals surface area contributed by atoms with Gasteiger partial charge in [-0.15, -0.1) is 11.3 Å². The highest BCUT2D eigenvalue weighted by Gasteiger charge is 2.21. The van der Waals surface area contributed by atoms with Gasteiger partial charge in [0.25, 0.3) is 0 Å². The van der Waals surface area contributed by atoms with Gasteiger partial charge >= 0.3 is 0 Å². The van der Waals surface area contributed by atoms with E-state index < -0.39 is 0 Å². The number of hydrogen-bond acceptors (Lipinski definition) is 4. The molecule has 4 nitrogen and oxygen atoms in total. The number of fused-ring (bicyclic) bond motifs is 1. The van der Waals surface area contributed by atoms with E-state index in [1.54, 1.807) is 17.3 Å². The zero-order valence-electron chi connectivity index (χ0n) is 11.6. The van der Waals surface area contributed by atoms with Crippen LogP contribution >= 0.6 is 11.3 Å². The molecule has 21 heavy (non-hydrogen) atoms. The van der Waals surface area contributed by atoms with E-state index in [1.807, 2.05) is 17.4 Å². The Bertz CT molecular complexity index is 732. The van der Waals surface area contributed by atoms with Gasteiger partial charge in [-0.25, -0.2) is 9.67 Å². The van der Waals surface area contributed by atoms with Crippen molar-refractivity contribution in [1.82, 2.24) is 14.8 Å². The maximum Gasteiger partial charge on any atom is 0.138 e. The van der Waals surface area contributed by atoms with Gasteiger partial charge in [-0.1, -0.05) is 12.1 Å². The fraction of sp³-hybridized carbons (Fsp3) is 0.250. The predicted molar refractivity (Wildman–Crippen MR) is 85.0 cm³/mol. The van der Waals surface area contributed by atoms with E-state index in [4.69, 9.17) is 0 Å². The van der Waals surface area contributed by atoms with Crippen molar-refractivity contribution in [3.63, 3.8) is 0 Å². The average Bonchev–Trinajstić information content (AvgIpc) is 3.20. The minimum atomic E-state index is 0.393. The van der Waals surface area contributed by atoms with E-state index in [0.29, 0.717) is 6.04 Å². The summed E-state index contributed by atoms with van der Waals surface area (Å²) < 4.78 is 1.81. The second-order valence-corrected chi connectivity index (χ2v) is 6.25. The van der Waals surface area contributed by atoms with Gasteiger partial charge in [0.05, 0.1) is 17.4 Å². The Morgan fingerprint density at radius 2 is 2.19 bits per heavy atom. The summed E-state index contributed by atoms with van der Waals surface area (Å²) in [5.41, 5.74) is 3.60. The van der Waals surface area contributed by atoms with Crippen LogP contribution in [-0.4, -0.2) is 14.8 Å². The molecule has 3 aromatic rings. The smallest absolute Gasteiger partial charge is 0.138 e. The first kappa shape index (κ1) is 12.6. The number of benzene rings is 1. The molecule has 2 heterocycles. The highest BCUT2D eigenvalue weighted by atomic mass is 32.1. The number of nitrogens with one attached hydrogen (secondary N) is 1. The van der Waals surface area contributed by atoms with E-state index in [0.717, 1.165) is 11.4 Å². The van der Waals surface area contributed by atoms with Crippen molar-refractivity contribution in [3.05, 3.63) is 58.8 Å². The van der Waals surface area contributed by atoms with Crippen LogP contribution < -0.4 is 5.32 Å². The number of anilines is 1. The third-order valence-corrected chi connectivity index (χ3v) is 4.95. The van der Waals surface area contributed by atoms with E-state index in [1.165, 1.54) is 29.7 Å². The van der Waals surface area contributed by atoms with Gasteiger partial charge in [0.2, 0.25) is 0 Å². The van der Waals surface area contributed by atoms with Crippen molar-refractivity contribution >= 4 is 17.0 Å². The number of nitrogens with zero attached hydrogens (tertiary/aromatic N) is 3. The number of aryl methyl sites for hydroxylation is 1. The Balaban J connectivity index is 1.68. The van der Waals surface area contributed by atoms with Crippen LogP contribution in [0.3, 0.4) is 0 Å². The zero-order chi connectivity index (χ0) is 14.1. The molecule has 1 aromatic carbocycles. The maximum absolute atomic E-state index is 4.24.